The maximum Gasteiger partial charge on any atom is 0.303 e. The molecule has 0 spiro atoms. The number of amides is 1. The Morgan fingerprint density at radius 2 is 2.13 bits per heavy atom. The van der Waals surface area contributed by atoms with Crippen molar-refractivity contribution in [2.24, 2.45) is 5.92 Å². The van der Waals surface area contributed by atoms with Crippen LogP contribution in [0.2, 0.25) is 0 Å². The van der Waals surface area contributed by atoms with E-state index in [-0.39, 0.29) is 12.5 Å². The first-order chi connectivity index (χ1) is 7.22. The second kappa shape index (κ2) is 6.43. The smallest absolute Gasteiger partial charge is 0.303 e. The number of hydrogen-bond donors (Lipinski definition) is 2. The van der Waals surface area contributed by atoms with Crippen molar-refractivity contribution in [1.29, 1.82) is 0 Å². The predicted molar refractivity (Wildman–Crippen MR) is 56.4 cm³/mol. The molecule has 0 aliphatic heterocycles. The van der Waals surface area contributed by atoms with E-state index >= 15 is 0 Å². The van der Waals surface area contributed by atoms with Crippen LogP contribution in [0.3, 0.4) is 0 Å². The molecule has 1 atom stereocenters. The van der Waals surface area contributed by atoms with Gasteiger partial charge in [0.2, 0.25) is 6.41 Å². The molecule has 0 aromatic rings. The summed E-state index contributed by atoms with van der Waals surface area (Å²) in [4.78, 5) is 20.8. The number of carbonyl (C=O) groups is 2. The molecular weight excluding hydrogens is 194 g/mol. The SMILES string of the molecule is O=CNC(CCC(=O)O)CC1CCCC1. The van der Waals surface area contributed by atoms with Crippen molar-refractivity contribution in [3.63, 3.8) is 0 Å². The van der Waals surface area contributed by atoms with Gasteiger partial charge in [-0.05, 0) is 18.8 Å². The lowest BCUT2D eigenvalue weighted by molar-refractivity contribution is -0.137. The molecule has 0 radical (unpaired) electrons. The van der Waals surface area contributed by atoms with Crippen LogP contribution in [-0.4, -0.2) is 23.5 Å². The molecule has 4 heteroatoms. The van der Waals surface area contributed by atoms with Gasteiger partial charge in [-0.15, -0.1) is 0 Å². The third kappa shape index (κ3) is 4.81. The minimum Gasteiger partial charge on any atom is -0.481 e. The summed E-state index contributed by atoms with van der Waals surface area (Å²) >= 11 is 0. The summed E-state index contributed by atoms with van der Waals surface area (Å²) in [5.74, 6) is -0.115. The van der Waals surface area contributed by atoms with Crippen LogP contribution in [-0.2, 0) is 9.59 Å². The van der Waals surface area contributed by atoms with E-state index in [4.69, 9.17) is 5.11 Å². The Bertz CT molecular complexity index is 212. The van der Waals surface area contributed by atoms with Crippen molar-refractivity contribution in [1.82, 2.24) is 5.32 Å². The zero-order chi connectivity index (χ0) is 11.1. The lowest BCUT2D eigenvalue weighted by Gasteiger charge is -2.18. The fourth-order valence-corrected chi connectivity index (χ4v) is 2.31. The van der Waals surface area contributed by atoms with Gasteiger partial charge in [0.1, 0.15) is 0 Å². The molecule has 1 aliphatic rings. The van der Waals surface area contributed by atoms with Gasteiger partial charge in [-0.3, -0.25) is 9.59 Å². The van der Waals surface area contributed by atoms with Gasteiger partial charge in [0.05, 0.1) is 0 Å². The third-order valence-electron chi connectivity index (χ3n) is 3.10. The van der Waals surface area contributed by atoms with E-state index in [9.17, 15) is 9.59 Å². The van der Waals surface area contributed by atoms with E-state index in [2.05, 4.69) is 5.32 Å². The largest absolute Gasteiger partial charge is 0.481 e. The summed E-state index contributed by atoms with van der Waals surface area (Å²) in [6, 6.07) is 0.0432. The Balaban J connectivity index is 2.27. The van der Waals surface area contributed by atoms with Gasteiger partial charge in [-0.25, -0.2) is 0 Å². The van der Waals surface area contributed by atoms with Crippen LogP contribution in [0, 0.1) is 5.92 Å². The molecular formula is C11H19NO3. The normalized spacial score (nSPS) is 18.7. The Labute approximate surface area is 90.0 Å². The van der Waals surface area contributed by atoms with E-state index in [0.717, 1.165) is 6.42 Å². The number of nitrogens with one attached hydrogen (secondary N) is 1. The van der Waals surface area contributed by atoms with Gasteiger partial charge in [0.25, 0.3) is 0 Å². The van der Waals surface area contributed by atoms with E-state index in [1.54, 1.807) is 0 Å². The zero-order valence-corrected chi connectivity index (χ0v) is 8.95. The average Bonchev–Trinajstić information content (AvgIpc) is 2.67. The van der Waals surface area contributed by atoms with E-state index in [1.807, 2.05) is 0 Å². The molecule has 1 amide bonds. The maximum absolute atomic E-state index is 10.4. The van der Waals surface area contributed by atoms with Crippen LogP contribution in [0.25, 0.3) is 0 Å². The molecule has 4 nitrogen and oxygen atoms in total. The van der Waals surface area contributed by atoms with Crippen molar-refractivity contribution in [3.8, 4) is 0 Å². The highest BCUT2D eigenvalue weighted by molar-refractivity contribution is 5.66. The zero-order valence-electron chi connectivity index (χ0n) is 8.95. The van der Waals surface area contributed by atoms with Crippen LogP contribution >= 0.6 is 0 Å². The van der Waals surface area contributed by atoms with Crippen molar-refractivity contribution < 1.29 is 14.7 Å². The van der Waals surface area contributed by atoms with Crippen LogP contribution in [0.1, 0.15) is 44.9 Å². The third-order valence-corrected chi connectivity index (χ3v) is 3.10. The molecule has 1 fully saturated rings. The first-order valence-electron chi connectivity index (χ1n) is 5.64. The standard InChI is InChI=1S/C11H19NO3/c13-8-12-10(5-6-11(14)15)7-9-3-1-2-4-9/h8-10H,1-7H2,(H,12,13)(H,14,15). The highest BCUT2D eigenvalue weighted by atomic mass is 16.4. The minimum absolute atomic E-state index is 0.0432. The highest BCUT2D eigenvalue weighted by Crippen LogP contribution is 2.29. The average molecular weight is 213 g/mol. The first kappa shape index (κ1) is 12.0. The Kier molecular flexibility index (Phi) is 5.15. The predicted octanol–water partition coefficient (Wildman–Crippen LogP) is 1.55. The van der Waals surface area contributed by atoms with Gasteiger partial charge < -0.3 is 10.4 Å². The minimum atomic E-state index is -0.792. The molecule has 86 valence electrons. The molecule has 0 aromatic carbocycles. The van der Waals surface area contributed by atoms with E-state index in [0.29, 0.717) is 18.7 Å². The van der Waals surface area contributed by atoms with Crippen LogP contribution in [0.15, 0.2) is 0 Å². The molecule has 15 heavy (non-hydrogen) atoms. The molecule has 0 heterocycles. The van der Waals surface area contributed by atoms with Crippen molar-refractivity contribution in [2.45, 2.75) is 51.0 Å². The molecule has 1 unspecified atom stereocenters. The van der Waals surface area contributed by atoms with Gasteiger partial charge in [-0.1, -0.05) is 25.7 Å². The summed E-state index contributed by atoms with van der Waals surface area (Å²) in [6.07, 6.45) is 7.30. The fraction of sp³-hybridized carbons (Fsp3) is 0.818. The number of carbonyl (C=O) groups excluding carboxylic acids is 1. The lowest BCUT2D eigenvalue weighted by atomic mass is 9.96. The molecule has 1 rings (SSSR count). The second-order valence-electron chi connectivity index (χ2n) is 4.30. The topological polar surface area (TPSA) is 66.4 Å². The number of hydrogen-bond acceptors (Lipinski definition) is 2. The highest BCUT2D eigenvalue weighted by Gasteiger charge is 2.20. The monoisotopic (exact) mass is 213 g/mol. The summed E-state index contributed by atoms with van der Waals surface area (Å²) in [5.41, 5.74) is 0. The second-order valence-corrected chi connectivity index (χ2v) is 4.30. The molecule has 0 bridgehead atoms. The van der Waals surface area contributed by atoms with Crippen molar-refractivity contribution >= 4 is 12.4 Å². The number of rotatable bonds is 7. The van der Waals surface area contributed by atoms with Crippen LogP contribution in [0.4, 0.5) is 0 Å². The summed E-state index contributed by atoms with van der Waals surface area (Å²) in [6.45, 7) is 0. The molecule has 1 saturated carbocycles. The summed E-state index contributed by atoms with van der Waals surface area (Å²) in [7, 11) is 0. The molecule has 0 saturated heterocycles. The lowest BCUT2D eigenvalue weighted by Crippen LogP contribution is -2.30. The van der Waals surface area contributed by atoms with Crippen LogP contribution < -0.4 is 5.32 Å². The van der Waals surface area contributed by atoms with Gasteiger partial charge in [0.15, 0.2) is 0 Å². The fourth-order valence-electron chi connectivity index (χ4n) is 2.31. The van der Waals surface area contributed by atoms with E-state index < -0.39 is 5.97 Å². The van der Waals surface area contributed by atoms with E-state index in [1.165, 1.54) is 25.7 Å². The van der Waals surface area contributed by atoms with Gasteiger partial charge in [0, 0.05) is 12.5 Å². The molecule has 1 aliphatic carbocycles. The number of carboxylic acids is 1. The summed E-state index contributed by atoms with van der Waals surface area (Å²) in [5, 5.41) is 11.3. The quantitative estimate of drug-likeness (QED) is 0.630. The number of aliphatic carboxylic acids is 1. The van der Waals surface area contributed by atoms with Crippen molar-refractivity contribution in [2.75, 3.05) is 0 Å². The Morgan fingerprint density at radius 3 is 2.67 bits per heavy atom. The number of carboxylic acid groups (broad SMARTS) is 1. The Hall–Kier alpha value is -1.06. The van der Waals surface area contributed by atoms with Gasteiger partial charge >= 0.3 is 5.97 Å². The summed E-state index contributed by atoms with van der Waals surface area (Å²) < 4.78 is 0. The Morgan fingerprint density at radius 1 is 1.47 bits per heavy atom. The molecule has 2 N–H and O–H groups in total. The van der Waals surface area contributed by atoms with Crippen LogP contribution in [0.5, 0.6) is 0 Å². The van der Waals surface area contributed by atoms with Gasteiger partial charge in [-0.2, -0.15) is 0 Å². The molecule has 0 aromatic heterocycles. The van der Waals surface area contributed by atoms with Crippen molar-refractivity contribution in [3.05, 3.63) is 0 Å². The maximum atomic E-state index is 10.4. The first-order valence-corrected chi connectivity index (χ1v) is 5.64.